The SMILES string of the molecule is CCOC(=O)C(C)(C(=O)OCC)c1[nH]c2ccccc2c1C(=O)OC. The maximum atomic E-state index is 12.6. The molecule has 0 saturated carbocycles. The van der Waals surface area contributed by atoms with Crippen LogP contribution in [0.4, 0.5) is 0 Å². The number of fused-ring (bicyclic) bond motifs is 1. The molecule has 1 N–H and O–H groups in total. The molecule has 134 valence electrons. The van der Waals surface area contributed by atoms with Crippen LogP contribution in [0.15, 0.2) is 24.3 Å². The molecular formula is C18H21NO6. The average Bonchev–Trinajstić information content (AvgIpc) is 3.00. The lowest BCUT2D eigenvalue weighted by Crippen LogP contribution is -2.45. The van der Waals surface area contributed by atoms with Crippen molar-refractivity contribution < 1.29 is 28.6 Å². The van der Waals surface area contributed by atoms with Crippen molar-refractivity contribution in [2.75, 3.05) is 20.3 Å². The molecule has 1 aromatic carbocycles. The third-order valence-corrected chi connectivity index (χ3v) is 3.96. The van der Waals surface area contributed by atoms with Crippen LogP contribution in [0.3, 0.4) is 0 Å². The number of ether oxygens (including phenoxy) is 3. The van der Waals surface area contributed by atoms with E-state index < -0.39 is 23.3 Å². The van der Waals surface area contributed by atoms with Crippen LogP contribution in [-0.4, -0.2) is 43.2 Å². The first kappa shape index (κ1) is 18.5. The molecule has 0 bridgehead atoms. The van der Waals surface area contributed by atoms with Crippen molar-refractivity contribution in [2.24, 2.45) is 0 Å². The van der Waals surface area contributed by atoms with E-state index in [4.69, 9.17) is 14.2 Å². The van der Waals surface area contributed by atoms with Gasteiger partial charge in [0.25, 0.3) is 0 Å². The summed E-state index contributed by atoms with van der Waals surface area (Å²) in [4.78, 5) is 40.6. The largest absolute Gasteiger partial charge is 0.465 e. The Morgan fingerprint density at radius 2 is 1.60 bits per heavy atom. The minimum absolute atomic E-state index is 0.0849. The second-order valence-corrected chi connectivity index (χ2v) is 5.48. The molecule has 2 rings (SSSR count). The number of para-hydroxylation sites is 1. The van der Waals surface area contributed by atoms with Crippen molar-refractivity contribution in [3.05, 3.63) is 35.5 Å². The Kier molecular flexibility index (Phi) is 5.46. The zero-order valence-electron chi connectivity index (χ0n) is 14.7. The summed E-state index contributed by atoms with van der Waals surface area (Å²) in [5, 5.41) is 0.546. The van der Waals surface area contributed by atoms with Crippen molar-refractivity contribution in [3.63, 3.8) is 0 Å². The molecular weight excluding hydrogens is 326 g/mol. The van der Waals surface area contributed by atoms with Gasteiger partial charge in [-0.1, -0.05) is 18.2 Å². The van der Waals surface area contributed by atoms with Crippen LogP contribution in [0.1, 0.15) is 36.8 Å². The molecule has 0 saturated heterocycles. The maximum Gasteiger partial charge on any atom is 0.340 e. The van der Waals surface area contributed by atoms with Crippen LogP contribution in [-0.2, 0) is 29.2 Å². The molecule has 0 spiro atoms. The molecule has 7 nitrogen and oxygen atoms in total. The minimum atomic E-state index is -1.82. The van der Waals surface area contributed by atoms with Gasteiger partial charge in [-0.25, -0.2) is 4.79 Å². The van der Waals surface area contributed by atoms with Gasteiger partial charge in [0.1, 0.15) is 0 Å². The summed E-state index contributed by atoms with van der Waals surface area (Å²) in [6, 6.07) is 6.97. The van der Waals surface area contributed by atoms with Crippen LogP contribution in [0.5, 0.6) is 0 Å². The third-order valence-electron chi connectivity index (χ3n) is 3.96. The lowest BCUT2D eigenvalue weighted by molar-refractivity contribution is -0.164. The zero-order chi connectivity index (χ0) is 18.6. The van der Waals surface area contributed by atoms with Crippen molar-refractivity contribution in [2.45, 2.75) is 26.2 Å². The lowest BCUT2D eigenvalue weighted by Gasteiger charge is -2.25. The topological polar surface area (TPSA) is 94.7 Å². The number of hydrogen-bond acceptors (Lipinski definition) is 6. The normalized spacial score (nSPS) is 11.2. The van der Waals surface area contributed by atoms with Gasteiger partial charge < -0.3 is 19.2 Å². The molecule has 0 fully saturated rings. The first-order chi connectivity index (χ1) is 11.9. The van der Waals surface area contributed by atoms with Gasteiger partial charge in [-0.2, -0.15) is 0 Å². The fourth-order valence-corrected chi connectivity index (χ4v) is 2.67. The van der Waals surface area contributed by atoms with Crippen molar-refractivity contribution in [3.8, 4) is 0 Å². The molecule has 2 aromatic rings. The number of H-pyrrole nitrogens is 1. The van der Waals surface area contributed by atoms with Gasteiger partial charge in [0.05, 0.1) is 31.6 Å². The number of carbonyl (C=O) groups excluding carboxylic acids is 3. The molecule has 25 heavy (non-hydrogen) atoms. The van der Waals surface area contributed by atoms with Crippen molar-refractivity contribution >= 4 is 28.8 Å². The third kappa shape index (κ3) is 3.09. The molecule has 0 aliphatic carbocycles. The number of aromatic amines is 1. The van der Waals surface area contributed by atoms with Crippen LogP contribution < -0.4 is 0 Å². The van der Waals surface area contributed by atoms with E-state index in [1.807, 2.05) is 0 Å². The Balaban J connectivity index is 2.78. The van der Waals surface area contributed by atoms with Gasteiger partial charge in [-0.05, 0) is 26.8 Å². The van der Waals surface area contributed by atoms with Crippen molar-refractivity contribution in [1.82, 2.24) is 4.98 Å². The van der Waals surface area contributed by atoms with Crippen molar-refractivity contribution in [1.29, 1.82) is 0 Å². The Morgan fingerprint density at radius 3 is 2.12 bits per heavy atom. The van der Waals surface area contributed by atoms with Crippen LogP contribution in [0.2, 0.25) is 0 Å². The molecule has 0 unspecified atom stereocenters. The fourth-order valence-electron chi connectivity index (χ4n) is 2.67. The molecule has 0 aliphatic rings. The first-order valence-electron chi connectivity index (χ1n) is 7.95. The summed E-state index contributed by atoms with van der Waals surface area (Å²) in [5.41, 5.74) is -1.02. The van der Waals surface area contributed by atoms with E-state index in [-0.39, 0.29) is 24.5 Å². The van der Waals surface area contributed by atoms with E-state index >= 15 is 0 Å². The molecule has 0 radical (unpaired) electrons. The Morgan fingerprint density at radius 1 is 1.04 bits per heavy atom. The number of hydrogen-bond donors (Lipinski definition) is 1. The summed E-state index contributed by atoms with van der Waals surface area (Å²) >= 11 is 0. The predicted octanol–water partition coefficient (Wildman–Crippen LogP) is 2.34. The van der Waals surface area contributed by atoms with Crippen LogP contribution in [0.25, 0.3) is 10.9 Å². The van der Waals surface area contributed by atoms with Gasteiger partial charge >= 0.3 is 17.9 Å². The second-order valence-electron chi connectivity index (χ2n) is 5.48. The summed E-state index contributed by atoms with van der Waals surface area (Å²) < 4.78 is 15.0. The molecule has 1 aromatic heterocycles. The maximum absolute atomic E-state index is 12.6. The van der Waals surface area contributed by atoms with E-state index in [9.17, 15) is 14.4 Å². The van der Waals surface area contributed by atoms with Crippen LogP contribution >= 0.6 is 0 Å². The second kappa shape index (κ2) is 7.38. The summed E-state index contributed by atoms with van der Waals surface area (Å²) in [6.45, 7) is 4.81. The monoisotopic (exact) mass is 347 g/mol. The highest BCUT2D eigenvalue weighted by atomic mass is 16.6. The van der Waals surface area contributed by atoms with Gasteiger partial charge in [0.15, 0.2) is 0 Å². The quantitative estimate of drug-likeness (QED) is 0.490. The predicted molar refractivity (Wildman–Crippen MR) is 90.3 cm³/mol. The molecule has 0 aliphatic heterocycles. The van der Waals surface area contributed by atoms with Crippen LogP contribution in [0, 0.1) is 0 Å². The van der Waals surface area contributed by atoms with E-state index in [2.05, 4.69) is 4.98 Å². The van der Waals surface area contributed by atoms with Gasteiger partial charge in [0.2, 0.25) is 5.41 Å². The highest BCUT2D eigenvalue weighted by Gasteiger charge is 2.50. The van der Waals surface area contributed by atoms with E-state index in [1.54, 1.807) is 38.1 Å². The van der Waals surface area contributed by atoms with E-state index in [0.717, 1.165) is 0 Å². The summed E-state index contributed by atoms with van der Waals surface area (Å²) in [7, 11) is 1.24. The fraction of sp³-hybridized carbons (Fsp3) is 0.389. The molecule has 0 atom stereocenters. The molecule has 1 heterocycles. The van der Waals surface area contributed by atoms with Gasteiger partial charge in [-0.3, -0.25) is 9.59 Å². The highest BCUT2D eigenvalue weighted by Crippen LogP contribution is 2.34. The summed E-state index contributed by atoms with van der Waals surface area (Å²) in [6.07, 6.45) is 0. The number of benzene rings is 1. The zero-order valence-corrected chi connectivity index (χ0v) is 14.7. The Bertz CT molecular complexity index is 789. The number of nitrogens with one attached hydrogen (secondary N) is 1. The lowest BCUT2D eigenvalue weighted by atomic mass is 9.84. The van der Waals surface area contributed by atoms with Gasteiger partial charge in [0, 0.05) is 10.9 Å². The van der Waals surface area contributed by atoms with E-state index in [0.29, 0.717) is 10.9 Å². The number of rotatable bonds is 6. The molecule has 0 amide bonds. The summed E-state index contributed by atoms with van der Waals surface area (Å²) in [5.74, 6) is -2.26. The number of aromatic nitrogens is 1. The average molecular weight is 347 g/mol. The standard InChI is InChI=1S/C18H21NO6/c1-5-24-16(21)18(3,17(22)25-6-2)14-13(15(20)23-4)11-9-7-8-10-12(11)19-14/h7-10,19H,5-6H2,1-4H3. The van der Waals surface area contributed by atoms with Gasteiger partial charge in [-0.15, -0.1) is 0 Å². The number of esters is 3. The van der Waals surface area contributed by atoms with E-state index in [1.165, 1.54) is 14.0 Å². The molecule has 7 heteroatoms. The Labute approximate surface area is 145 Å². The minimum Gasteiger partial charge on any atom is -0.465 e. The number of carbonyl (C=O) groups is 3. The Hall–Kier alpha value is -2.83. The first-order valence-corrected chi connectivity index (χ1v) is 7.95. The smallest absolute Gasteiger partial charge is 0.340 e. The number of methoxy groups -OCH3 is 1. The highest BCUT2D eigenvalue weighted by molar-refractivity contribution is 6.13.